The molecule has 0 spiro atoms. The summed E-state index contributed by atoms with van der Waals surface area (Å²) in [6, 6.07) is 0.347. The topological polar surface area (TPSA) is 75.5 Å². The summed E-state index contributed by atoms with van der Waals surface area (Å²) in [5.41, 5.74) is -0.0417. The molecule has 0 atom stereocenters. The molecule has 0 bridgehead atoms. The molecule has 1 aromatic rings. The quantitative estimate of drug-likeness (QED) is 0.774. The summed E-state index contributed by atoms with van der Waals surface area (Å²) >= 11 is 0. The highest BCUT2D eigenvalue weighted by Gasteiger charge is 2.17. The van der Waals surface area contributed by atoms with E-state index in [1.54, 1.807) is 7.11 Å². The molecule has 1 aromatic heterocycles. The molecule has 106 valence electrons. The third kappa shape index (κ3) is 4.17. The average Bonchev–Trinajstić information content (AvgIpc) is 2.43. The number of carboxylic acid groups (broad SMARTS) is 1. The first-order valence-electron chi connectivity index (χ1n) is 6.44. The number of carbonyl (C=O) groups is 1. The number of rotatable bonds is 8. The van der Waals surface area contributed by atoms with Gasteiger partial charge >= 0.3 is 5.97 Å². The Hall–Kier alpha value is -1.69. The van der Waals surface area contributed by atoms with Crippen molar-refractivity contribution in [1.82, 2.24) is 9.97 Å². The second kappa shape index (κ2) is 7.68. The van der Waals surface area contributed by atoms with Gasteiger partial charge in [-0.25, -0.2) is 14.8 Å². The van der Waals surface area contributed by atoms with Gasteiger partial charge in [0.1, 0.15) is 5.82 Å². The molecule has 0 aromatic carbocycles. The minimum atomic E-state index is -1.06. The molecule has 6 heteroatoms. The first-order valence-corrected chi connectivity index (χ1v) is 6.44. The van der Waals surface area contributed by atoms with E-state index in [-0.39, 0.29) is 5.69 Å². The fraction of sp³-hybridized carbons (Fsp3) is 0.615. The summed E-state index contributed by atoms with van der Waals surface area (Å²) in [7, 11) is 1.66. The normalized spacial score (nSPS) is 10.7. The molecule has 0 unspecified atom stereocenters. The van der Waals surface area contributed by atoms with Crippen LogP contribution in [0, 0.1) is 0 Å². The first-order chi connectivity index (χ1) is 9.13. The van der Waals surface area contributed by atoms with Crippen molar-refractivity contribution in [3.05, 3.63) is 18.1 Å². The first kappa shape index (κ1) is 15.4. The Morgan fingerprint density at radius 3 is 2.47 bits per heavy atom. The Kier molecular flexibility index (Phi) is 6.21. The van der Waals surface area contributed by atoms with E-state index in [9.17, 15) is 4.79 Å². The Bertz CT molecular complexity index is 391. The van der Waals surface area contributed by atoms with Crippen LogP contribution in [0.2, 0.25) is 0 Å². The predicted molar refractivity (Wildman–Crippen MR) is 72.6 cm³/mol. The van der Waals surface area contributed by atoms with Gasteiger partial charge in [0.05, 0.1) is 19.0 Å². The van der Waals surface area contributed by atoms with Crippen LogP contribution >= 0.6 is 0 Å². The fourth-order valence-electron chi connectivity index (χ4n) is 1.98. The van der Waals surface area contributed by atoms with Crippen LogP contribution in [0.5, 0.6) is 0 Å². The molecule has 1 heterocycles. The zero-order valence-electron chi connectivity index (χ0n) is 11.7. The molecule has 19 heavy (non-hydrogen) atoms. The third-order valence-electron chi connectivity index (χ3n) is 3.07. The van der Waals surface area contributed by atoms with Gasteiger partial charge in [0.2, 0.25) is 0 Å². The van der Waals surface area contributed by atoms with E-state index in [1.165, 1.54) is 12.4 Å². The van der Waals surface area contributed by atoms with Crippen LogP contribution in [0.15, 0.2) is 12.4 Å². The van der Waals surface area contributed by atoms with Crippen molar-refractivity contribution in [3.63, 3.8) is 0 Å². The number of nitrogens with zero attached hydrogens (tertiary/aromatic N) is 3. The molecule has 0 aliphatic rings. The lowest BCUT2D eigenvalue weighted by Gasteiger charge is -2.31. The van der Waals surface area contributed by atoms with Crippen molar-refractivity contribution in [1.29, 1.82) is 0 Å². The molecule has 0 fully saturated rings. The second-order valence-corrected chi connectivity index (χ2v) is 4.22. The van der Waals surface area contributed by atoms with E-state index >= 15 is 0 Å². The second-order valence-electron chi connectivity index (χ2n) is 4.22. The van der Waals surface area contributed by atoms with Crippen molar-refractivity contribution >= 4 is 11.8 Å². The predicted octanol–water partition coefficient (Wildman–Crippen LogP) is 1.82. The van der Waals surface area contributed by atoms with Crippen LogP contribution in [0.4, 0.5) is 5.82 Å². The number of aromatic carboxylic acids is 1. The summed E-state index contributed by atoms with van der Waals surface area (Å²) in [6.45, 7) is 5.54. The van der Waals surface area contributed by atoms with Crippen LogP contribution < -0.4 is 4.90 Å². The van der Waals surface area contributed by atoms with Crippen LogP contribution in [-0.2, 0) is 4.74 Å². The molecule has 0 saturated carbocycles. The maximum atomic E-state index is 10.8. The van der Waals surface area contributed by atoms with Gasteiger partial charge in [0.25, 0.3) is 0 Å². The van der Waals surface area contributed by atoms with Gasteiger partial charge in [-0.05, 0) is 12.8 Å². The lowest BCUT2D eigenvalue weighted by molar-refractivity contribution is 0.0690. The highest BCUT2D eigenvalue weighted by Crippen LogP contribution is 2.17. The standard InChI is InChI=1S/C13H21N3O3/c1-4-10(5-2)16(6-7-19-3)12-9-14-11(8-15-12)13(17)18/h8-10H,4-7H2,1-3H3,(H,17,18). The third-order valence-corrected chi connectivity index (χ3v) is 3.07. The molecule has 6 nitrogen and oxygen atoms in total. The highest BCUT2D eigenvalue weighted by molar-refractivity contribution is 5.84. The Morgan fingerprint density at radius 1 is 1.37 bits per heavy atom. The van der Waals surface area contributed by atoms with Crippen LogP contribution in [0.25, 0.3) is 0 Å². The molecular weight excluding hydrogens is 246 g/mol. The number of aromatic nitrogens is 2. The summed E-state index contributed by atoms with van der Waals surface area (Å²) < 4.78 is 5.11. The summed E-state index contributed by atoms with van der Waals surface area (Å²) in [4.78, 5) is 21.0. The van der Waals surface area contributed by atoms with Gasteiger partial charge in [-0.1, -0.05) is 13.8 Å². The van der Waals surface area contributed by atoms with Gasteiger partial charge in [-0.15, -0.1) is 0 Å². The van der Waals surface area contributed by atoms with E-state index in [0.29, 0.717) is 25.0 Å². The molecule has 0 amide bonds. The van der Waals surface area contributed by atoms with Crippen molar-refractivity contribution in [2.75, 3.05) is 25.2 Å². The zero-order chi connectivity index (χ0) is 14.3. The number of hydrogen-bond acceptors (Lipinski definition) is 5. The number of anilines is 1. The minimum absolute atomic E-state index is 0.0417. The summed E-state index contributed by atoms with van der Waals surface area (Å²) in [5, 5.41) is 8.82. The Balaban J connectivity index is 2.92. The van der Waals surface area contributed by atoms with E-state index < -0.39 is 5.97 Å². The monoisotopic (exact) mass is 267 g/mol. The maximum absolute atomic E-state index is 10.8. The van der Waals surface area contributed by atoms with Crippen molar-refractivity contribution in [3.8, 4) is 0 Å². The SMILES string of the molecule is CCC(CC)N(CCOC)c1cnc(C(=O)O)cn1. The number of methoxy groups -OCH3 is 1. The highest BCUT2D eigenvalue weighted by atomic mass is 16.5. The van der Waals surface area contributed by atoms with E-state index in [1.807, 2.05) is 0 Å². The van der Waals surface area contributed by atoms with Gasteiger partial charge in [-0.2, -0.15) is 0 Å². The van der Waals surface area contributed by atoms with Crippen molar-refractivity contribution in [2.24, 2.45) is 0 Å². The molecule has 1 N–H and O–H groups in total. The van der Waals surface area contributed by atoms with Gasteiger partial charge in [0, 0.05) is 19.7 Å². The summed E-state index contributed by atoms with van der Waals surface area (Å²) in [5.74, 6) is -0.374. The van der Waals surface area contributed by atoms with Gasteiger partial charge < -0.3 is 14.7 Å². The average molecular weight is 267 g/mol. The molecule has 0 aliphatic carbocycles. The maximum Gasteiger partial charge on any atom is 0.356 e. The zero-order valence-corrected chi connectivity index (χ0v) is 11.7. The van der Waals surface area contributed by atoms with Crippen LogP contribution in [0.1, 0.15) is 37.2 Å². The molecule has 0 aliphatic heterocycles. The smallest absolute Gasteiger partial charge is 0.356 e. The fourth-order valence-corrected chi connectivity index (χ4v) is 1.98. The largest absolute Gasteiger partial charge is 0.476 e. The van der Waals surface area contributed by atoms with Crippen LogP contribution in [0.3, 0.4) is 0 Å². The molecule has 1 rings (SSSR count). The van der Waals surface area contributed by atoms with Crippen LogP contribution in [-0.4, -0.2) is 47.3 Å². The van der Waals surface area contributed by atoms with E-state index in [0.717, 1.165) is 12.8 Å². The van der Waals surface area contributed by atoms with Gasteiger partial charge in [0.15, 0.2) is 5.69 Å². The molecular formula is C13H21N3O3. The molecule has 0 radical (unpaired) electrons. The van der Waals surface area contributed by atoms with E-state index in [2.05, 4.69) is 28.7 Å². The Morgan fingerprint density at radius 2 is 2.05 bits per heavy atom. The lowest BCUT2D eigenvalue weighted by Crippen LogP contribution is -2.37. The number of ether oxygens (including phenoxy) is 1. The number of carboxylic acids is 1. The lowest BCUT2D eigenvalue weighted by atomic mass is 10.1. The van der Waals surface area contributed by atoms with Crippen molar-refractivity contribution in [2.45, 2.75) is 32.7 Å². The van der Waals surface area contributed by atoms with Crippen molar-refractivity contribution < 1.29 is 14.6 Å². The molecule has 0 saturated heterocycles. The minimum Gasteiger partial charge on any atom is -0.476 e. The summed E-state index contributed by atoms with van der Waals surface area (Å²) in [6.07, 6.45) is 4.78. The Labute approximate surface area is 113 Å². The van der Waals surface area contributed by atoms with E-state index in [4.69, 9.17) is 9.84 Å². The number of hydrogen-bond donors (Lipinski definition) is 1. The van der Waals surface area contributed by atoms with Gasteiger partial charge in [-0.3, -0.25) is 0 Å².